The summed E-state index contributed by atoms with van der Waals surface area (Å²) in [5, 5.41) is 0.690. The van der Waals surface area contributed by atoms with Gasteiger partial charge >= 0.3 is 11.9 Å². The van der Waals surface area contributed by atoms with E-state index in [0.717, 1.165) is 32.1 Å². The van der Waals surface area contributed by atoms with Gasteiger partial charge in [0.15, 0.2) is 5.78 Å². The molecule has 0 spiro atoms. The second-order valence-corrected chi connectivity index (χ2v) is 9.31. The van der Waals surface area contributed by atoms with Gasteiger partial charge in [-0.25, -0.2) is 0 Å². The van der Waals surface area contributed by atoms with Gasteiger partial charge in [0, 0.05) is 10.4 Å². The lowest BCUT2D eigenvalue weighted by Crippen LogP contribution is -2.59. The largest absolute Gasteiger partial charge is 0.468 e. The Morgan fingerprint density at radius 3 is 2.00 bits per heavy atom. The molecule has 0 aromatic heterocycles. The maximum atomic E-state index is 13.6. The molecule has 4 aliphatic carbocycles. The number of rotatable bonds is 5. The lowest BCUT2D eigenvalue weighted by atomic mass is 9.41. The number of ether oxygens (including phenoxy) is 2. The van der Waals surface area contributed by atoms with Crippen molar-refractivity contribution >= 4 is 29.3 Å². The second-order valence-electron chi connectivity index (χ2n) is 8.87. The Morgan fingerprint density at radius 2 is 1.50 bits per heavy atom. The smallest absolute Gasteiger partial charge is 0.327 e. The number of esters is 2. The summed E-state index contributed by atoms with van der Waals surface area (Å²) in [4.78, 5) is 38.2. The van der Waals surface area contributed by atoms with Crippen molar-refractivity contribution in [2.24, 2.45) is 23.2 Å². The van der Waals surface area contributed by atoms with Gasteiger partial charge < -0.3 is 9.47 Å². The maximum absolute atomic E-state index is 13.6. The van der Waals surface area contributed by atoms with Gasteiger partial charge in [0.1, 0.15) is 0 Å². The molecule has 0 saturated heterocycles. The molecule has 0 aliphatic heterocycles. The average Bonchev–Trinajstić information content (AvgIpc) is 2.67. The van der Waals surface area contributed by atoms with Crippen LogP contribution in [0.5, 0.6) is 0 Å². The van der Waals surface area contributed by atoms with Gasteiger partial charge in [-0.2, -0.15) is 0 Å². The number of halogens is 1. The number of hydrogen-bond donors (Lipinski definition) is 0. The monoisotopic (exact) mass is 404 g/mol. The van der Waals surface area contributed by atoms with Crippen molar-refractivity contribution < 1.29 is 23.9 Å². The summed E-state index contributed by atoms with van der Waals surface area (Å²) in [5.41, 5.74) is 0.439. The van der Waals surface area contributed by atoms with Crippen molar-refractivity contribution in [3.63, 3.8) is 0 Å². The van der Waals surface area contributed by atoms with Gasteiger partial charge in [-0.3, -0.25) is 14.4 Å². The Balaban J connectivity index is 1.73. The van der Waals surface area contributed by atoms with Gasteiger partial charge in [-0.15, -0.1) is 0 Å². The fourth-order valence-electron chi connectivity index (χ4n) is 6.54. The molecular weight excluding hydrogens is 380 g/mol. The molecular formula is C22H25ClO5. The first-order valence-electron chi connectivity index (χ1n) is 9.78. The van der Waals surface area contributed by atoms with Gasteiger partial charge in [0.25, 0.3) is 0 Å². The van der Waals surface area contributed by atoms with Crippen LogP contribution in [0.1, 0.15) is 44.1 Å². The number of hydrogen-bond acceptors (Lipinski definition) is 5. The third-order valence-electron chi connectivity index (χ3n) is 7.18. The van der Waals surface area contributed by atoms with E-state index in [2.05, 4.69) is 12.1 Å². The summed E-state index contributed by atoms with van der Waals surface area (Å²) in [6.07, 6.45) is 5.34. The Labute approximate surface area is 169 Å². The number of ketones is 1. The predicted octanol–water partition coefficient (Wildman–Crippen LogP) is 3.71. The van der Waals surface area contributed by atoms with Gasteiger partial charge in [0.2, 0.25) is 5.92 Å². The minimum atomic E-state index is -1.49. The summed E-state index contributed by atoms with van der Waals surface area (Å²) < 4.78 is 9.53. The van der Waals surface area contributed by atoms with Crippen molar-refractivity contribution in [3.05, 3.63) is 34.9 Å². The summed E-state index contributed by atoms with van der Waals surface area (Å²) in [5.74, 6) is -2.61. The van der Waals surface area contributed by atoms with Crippen LogP contribution in [0.3, 0.4) is 0 Å². The van der Waals surface area contributed by atoms with E-state index in [1.807, 2.05) is 12.1 Å². The Morgan fingerprint density at radius 1 is 0.964 bits per heavy atom. The third kappa shape index (κ3) is 2.95. The molecule has 0 amide bonds. The van der Waals surface area contributed by atoms with Gasteiger partial charge in [-0.1, -0.05) is 23.7 Å². The SMILES string of the molecule is COC(=O)C(C(=O)OC)C(=O)C12CC3CC(C1)CC(c1ccc(Cl)cc1)(C3)C2. The van der Waals surface area contributed by atoms with Crippen molar-refractivity contribution in [3.8, 4) is 0 Å². The van der Waals surface area contributed by atoms with Gasteiger partial charge in [0.05, 0.1) is 14.2 Å². The molecule has 4 fully saturated rings. The molecule has 4 aliphatic rings. The summed E-state index contributed by atoms with van der Waals surface area (Å²) >= 11 is 6.08. The van der Waals surface area contributed by atoms with Crippen molar-refractivity contribution in [2.75, 3.05) is 14.2 Å². The van der Waals surface area contributed by atoms with E-state index in [4.69, 9.17) is 21.1 Å². The zero-order chi connectivity index (χ0) is 20.1. The molecule has 2 unspecified atom stereocenters. The van der Waals surface area contributed by atoms with E-state index >= 15 is 0 Å². The first kappa shape index (κ1) is 19.4. The van der Waals surface area contributed by atoms with E-state index in [9.17, 15) is 14.4 Å². The second kappa shape index (κ2) is 6.87. The van der Waals surface area contributed by atoms with Crippen molar-refractivity contribution in [1.29, 1.82) is 0 Å². The van der Waals surface area contributed by atoms with Gasteiger partial charge in [-0.05, 0) is 73.5 Å². The van der Waals surface area contributed by atoms with Crippen LogP contribution in [0.4, 0.5) is 0 Å². The molecule has 4 bridgehead atoms. The normalized spacial score (nSPS) is 33.0. The van der Waals surface area contributed by atoms with E-state index in [1.165, 1.54) is 19.8 Å². The van der Waals surface area contributed by atoms with Crippen LogP contribution in [0, 0.1) is 23.2 Å². The minimum Gasteiger partial charge on any atom is -0.468 e. The molecule has 4 saturated carbocycles. The zero-order valence-electron chi connectivity index (χ0n) is 16.2. The van der Waals surface area contributed by atoms with Crippen LogP contribution >= 0.6 is 11.6 Å². The van der Waals surface area contributed by atoms with E-state index in [0.29, 0.717) is 23.3 Å². The highest BCUT2D eigenvalue weighted by atomic mass is 35.5. The maximum Gasteiger partial charge on any atom is 0.327 e. The summed E-state index contributed by atoms with van der Waals surface area (Å²) in [7, 11) is 2.39. The lowest BCUT2D eigenvalue weighted by Gasteiger charge is -2.62. The Hall–Kier alpha value is -1.88. The molecule has 28 heavy (non-hydrogen) atoms. The van der Waals surface area contributed by atoms with Crippen LogP contribution < -0.4 is 0 Å². The third-order valence-corrected chi connectivity index (χ3v) is 7.43. The van der Waals surface area contributed by atoms with E-state index < -0.39 is 23.3 Å². The molecule has 0 heterocycles. The fourth-order valence-corrected chi connectivity index (χ4v) is 6.67. The fraction of sp³-hybridized carbons (Fsp3) is 0.591. The number of carbonyl (C=O) groups is 3. The lowest BCUT2D eigenvalue weighted by molar-refractivity contribution is -0.170. The van der Waals surface area contributed by atoms with Crippen LogP contribution in [-0.2, 0) is 29.3 Å². The molecule has 0 N–H and O–H groups in total. The van der Waals surface area contributed by atoms with Crippen LogP contribution in [-0.4, -0.2) is 31.9 Å². The highest BCUT2D eigenvalue weighted by Crippen LogP contribution is 2.66. The van der Waals surface area contributed by atoms with E-state index in [-0.39, 0.29) is 11.2 Å². The summed E-state index contributed by atoms with van der Waals surface area (Å²) in [6, 6.07) is 7.92. The van der Waals surface area contributed by atoms with Crippen molar-refractivity contribution in [1.82, 2.24) is 0 Å². The zero-order valence-corrected chi connectivity index (χ0v) is 17.0. The van der Waals surface area contributed by atoms with E-state index in [1.54, 1.807) is 0 Å². The number of benzene rings is 1. The standard InChI is InChI=1S/C22H25ClO5/c1-27-19(25)17(20(26)28-2)18(24)22-10-13-7-14(11-22)9-21(8-13,12-22)15-3-5-16(23)6-4-15/h3-6,13-14,17H,7-12H2,1-2H3. The quantitative estimate of drug-likeness (QED) is 0.552. The topological polar surface area (TPSA) is 69.7 Å². The van der Waals surface area contributed by atoms with Crippen LogP contribution in [0.2, 0.25) is 5.02 Å². The molecule has 6 heteroatoms. The molecule has 5 rings (SSSR count). The Bertz CT molecular complexity index is 785. The molecule has 150 valence electrons. The highest BCUT2D eigenvalue weighted by Gasteiger charge is 2.63. The molecule has 2 atom stereocenters. The first-order chi connectivity index (χ1) is 13.3. The Kier molecular flexibility index (Phi) is 4.77. The molecule has 5 nitrogen and oxygen atoms in total. The van der Waals surface area contributed by atoms with Crippen LogP contribution in [0.15, 0.2) is 24.3 Å². The molecule has 1 aromatic carbocycles. The highest BCUT2D eigenvalue weighted by molar-refractivity contribution is 6.30. The number of Topliss-reactive ketones (excluding diaryl/α,β-unsaturated/α-hetero) is 1. The first-order valence-corrected chi connectivity index (χ1v) is 10.2. The molecule has 0 radical (unpaired) electrons. The molecule has 1 aromatic rings. The number of carbonyl (C=O) groups excluding carboxylic acids is 3. The summed E-state index contributed by atoms with van der Waals surface area (Å²) in [6.45, 7) is 0. The average molecular weight is 405 g/mol. The predicted molar refractivity (Wildman–Crippen MR) is 103 cm³/mol. The van der Waals surface area contributed by atoms with Crippen molar-refractivity contribution in [2.45, 2.75) is 43.9 Å². The minimum absolute atomic E-state index is 0.0961. The van der Waals surface area contributed by atoms with Crippen LogP contribution in [0.25, 0.3) is 0 Å². The number of methoxy groups -OCH3 is 2.